The van der Waals surface area contributed by atoms with Crippen molar-refractivity contribution in [2.24, 2.45) is 0 Å². The van der Waals surface area contributed by atoms with Crippen LogP contribution in [0, 0.1) is 0 Å². The molecule has 2 aromatic rings. The predicted molar refractivity (Wildman–Crippen MR) is 121 cm³/mol. The molecule has 7 nitrogen and oxygen atoms in total. The van der Waals surface area contributed by atoms with E-state index in [1.54, 1.807) is 19.2 Å². The van der Waals surface area contributed by atoms with Gasteiger partial charge in [-0.2, -0.15) is 0 Å². The van der Waals surface area contributed by atoms with Gasteiger partial charge in [0.15, 0.2) is 0 Å². The summed E-state index contributed by atoms with van der Waals surface area (Å²) in [6.07, 6.45) is 3.73. The van der Waals surface area contributed by atoms with E-state index in [2.05, 4.69) is 21.5 Å². The molecule has 1 aliphatic heterocycles. The maximum atomic E-state index is 12.8. The lowest BCUT2D eigenvalue weighted by Crippen LogP contribution is -2.37. The van der Waals surface area contributed by atoms with Gasteiger partial charge in [0.2, 0.25) is 10.0 Å². The van der Waals surface area contributed by atoms with Gasteiger partial charge in [-0.25, -0.2) is 13.1 Å². The first-order valence-electron chi connectivity index (χ1n) is 10.3. The summed E-state index contributed by atoms with van der Waals surface area (Å²) in [7, 11) is -2.06. The van der Waals surface area contributed by atoms with E-state index in [1.807, 2.05) is 24.3 Å². The third-order valence-corrected chi connectivity index (χ3v) is 6.76. The van der Waals surface area contributed by atoms with E-state index >= 15 is 0 Å². The highest BCUT2D eigenvalue weighted by Gasteiger charge is 2.25. The first-order valence-corrected chi connectivity index (χ1v) is 11.8. The van der Waals surface area contributed by atoms with Crippen LogP contribution in [0.1, 0.15) is 34.8 Å². The topological polar surface area (TPSA) is 87.7 Å². The second kappa shape index (κ2) is 10.6. The number of benzene rings is 2. The molecule has 0 radical (unpaired) electrons. The highest BCUT2D eigenvalue weighted by atomic mass is 32.2. The van der Waals surface area contributed by atoms with Crippen molar-refractivity contribution in [1.29, 1.82) is 0 Å². The summed E-state index contributed by atoms with van der Waals surface area (Å²) in [4.78, 5) is 15.2. The average molecular weight is 444 g/mol. The van der Waals surface area contributed by atoms with Crippen LogP contribution in [-0.4, -0.2) is 52.5 Å². The Morgan fingerprint density at radius 2 is 1.94 bits per heavy atom. The van der Waals surface area contributed by atoms with E-state index in [4.69, 9.17) is 4.74 Å². The highest BCUT2D eigenvalue weighted by molar-refractivity contribution is 7.89. The molecule has 0 spiro atoms. The van der Waals surface area contributed by atoms with Crippen molar-refractivity contribution in [3.8, 4) is 5.75 Å². The molecular formula is C23H29N3O4S. The molecule has 0 saturated carbocycles. The number of nitrogens with one attached hydrogen (secondary N) is 2. The number of likely N-dealkylation sites (tertiary alicyclic amines) is 1. The third kappa shape index (κ3) is 5.94. The average Bonchev–Trinajstić information content (AvgIpc) is 3.32. The highest BCUT2D eigenvalue weighted by Crippen LogP contribution is 2.27. The second-order valence-electron chi connectivity index (χ2n) is 7.41. The first kappa shape index (κ1) is 23.0. The molecule has 1 saturated heterocycles. The molecule has 1 unspecified atom stereocenters. The van der Waals surface area contributed by atoms with Gasteiger partial charge >= 0.3 is 0 Å². The zero-order chi connectivity index (χ0) is 22.3. The number of nitrogens with zero attached hydrogens (tertiary/aromatic N) is 1. The van der Waals surface area contributed by atoms with Gasteiger partial charge in [-0.3, -0.25) is 9.69 Å². The van der Waals surface area contributed by atoms with E-state index in [0.29, 0.717) is 12.1 Å². The first-order chi connectivity index (χ1) is 14.9. The predicted octanol–water partition coefficient (Wildman–Crippen LogP) is 2.73. The van der Waals surface area contributed by atoms with Crippen molar-refractivity contribution in [3.63, 3.8) is 0 Å². The molecule has 31 heavy (non-hydrogen) atoms. The van der Waals surface area contributed by atoms with Crippen molar-refractivity contribution in [2.45, 2.75) is 23.8 Å². The van der Waals surface area contributed by atoms with Gasteiger partial charge in [0.1, 0.15) is 5.75 Å². The van der Waals surface area contributed by atoms with Gasteiger partial charge in [-0.15, -0.1) is 6.58 Å². The van der Waals surface area contributed by atoms with Crippen LogP contribution in [0.25, 0.3) is 0 Å². The minimum Gasteiger partial charge on any atom is -0.497 e. The summed E-state index contributed by atoms with van der Waals surface area (Å²) >= 11 is 0. The SMILES string of the molecule is C=CCNS(=O)(=O)c1cccc(C(=O)NCC(c2cccc(OC)c2)N2CCCC2)c1. The molecule has 1 aliphatic rings. The number of hydrogen-bond donors (Lipinski definition) is 2. The fraction of sp³-hybridized carbons (Fsp3) is 0.348. The van der Waals surface area contributed by atoms with E-state index in [-0.39, 0.29) is 23.4 Å². The number of ether oxygens (including phenoxy) is 1. The van der Waals surface area contributed by atoms with E-state index in [1.165, 1.54) is 18.2 Å². The van der Waals surface area contributed by atoms with Crippen molar-refractivity contribution < 1.29 is 17.9 Å². The number of sulfonamides is 1. The van der Waals surface area contributed by atoms with Gasteiger partial charge in [-0.05, 0) is 61.8 Å². The Labute approximate surface area is 184 Å². The Bertz CT molecular complexity index is 1020. The summed E-state index contributed by atoms with van der Waals surface area (Å²) in [5.41, 5.74) is 1.37. The summed E-state index contributed by atoms with van der Waals surface area (Å²) in [6, 6.07) is 13.9. The monoisotopic (exact) mass is 443 g/mol. The Hall–Kier alpha value is -2.68. The summed E-state index contributed by atoms with van der Waals surface area (Å²) in [6.45, 7) is 5.99. The molecular weight excluding hydrogens is 414 g/mol. The van der Waals surface area contributed by atoms with Crippen molar-refractivity contribution in [2.75, 3.05) is 33.3 Å². The molecule has 2 aromatic carbocycles. The van der Waals surface area contributed by atoms with Gasteiger partial charge in [0, 0.05) is 18.7 Å². The molecule has 0 aromatic heterocycles. The third-order valence-electron chi connectivity index (χ3n) is 5.34. The van der Waals surface area contributed by atoms with Crippen LogP contribution in [0.15, 0.2) is 66.1 Å². The van der Waals surface area contributed by atoms with Crippen LogP contribution >= 0.6 is 0 Å². The Morgan fingerprint density at radius 3 is 2.65 bits per heavy atom. The zero-order valence-electron chi connectivity index (χ0n) is 17.7. The van der Waals surface area contributed by atoms with Crippen LogP contribution in [-0.2, 0) is 10.0 Å². The van der Waals surface area contributed by atoms with E-state index < -0.39 is 10.0 Å². The maximum absolute atomic E-state index is 12.8. The van der Waals surface area contributed by atoms with Crippen molar-refractivity contribution in [3.05, 3.63) is 72.3 Å². The fourth-order valence-electron chi connectivity index (χ4n) is 3.71. The van der Waals surface area contributed by atoms with Crippen LogP contribution in [0.2, 0.25) is 0 Å². The van der Waals surface area contributed by atoms with Crippen LogP contribution in [0.5, 0.6) is 5.75 Å². The number of carbonyl (C=O) groups is 1. The van der Waals surface area contributed by atoms with E-state index in [9.17, 15) is 13.2 Å². The second-order valence-corrected chi connectivity index (χ2v) is 9.18. The molecule has 1 amide bonds. The minimum atomic E-state index is -3.70. The Morgan fingerprint density at radius 1 is 1.19 bits per heavy atom. The minimum absolute atomic E-state index is 0.0164. The number of hydrogen-bond acceptors (Lipinski definition) is 5. The molecule has 166 valence electrons. The molecule has 0 aliphatic carbocycles. The van der Waals surface area contributed by atoms with E-state index in [0.717, 1.165) is 37.2 Å². The lowest BCUT2D eigenvalue weighted by Gasteiger charge is -2.28. The number of amides is 1. The summed E-state index contributed by atoms with van der Waals surface area (Å²) < 4.78 is 32.5. The number of methoxy groups -OCH3 is 1. The fourth-order valence-corrected chi connectivity index (χ4v) is 4.75. The maximum Gasteiger partial charge on any atom is 0.251 e. The summed E-state index contributed by atoms with van der Waals surface area (Å²) in [5.74, 6) is 0.464. The molecule has 1 atom stereocenters. The van der Waals surface area contributed by atoms with Gasteiger partial charge in [-0.1, -0.05) is 24.3 Å². The zero-order valence-corrected chi connectivity index (χ0v) is 18.5. The Balaban J connectivity index is 1.75. The lowest BCUT2D eigenvalue weighted by molar-refractivity contribution is 0.0937. The van der Waals surface area contributed by atoms with Crippen molar-refractivity contribution >= 4 is 15.9 Å². The van der Waals surface area contributed by atoms with Crippen molar-refractivity contribution in [1.82, 2.24) is 14.9 Å². The normalized spacial score (nSPS) is 15.4. The van der Waals surface area contributed by atoms with Gasteiger partial charge < -0.3 is 10.1 Å². The molecule has 1 fully saturated rings. The molecule has 8 heteroatoms. The Kier molecular flexibility index (Phi) is 7.84. The standard InChI is InChI=1S/C23H29N3O4S/c1-3-12-25-31(28,29)21-11-7-9-19(16-21)23(27)24-17-22(26-13-4-5-14-26)18-8-6-10-20(15-18)30-2/h3,6-11,15-16,22,25H,1,4-5,12-14,17H2,2H3,(H,24,27). The van der Waals surface area contributed by atoms with Gasteiger partial charge in [0.25, 0.3) is 5.91 Å². The smallest absolute Gasteiger partial charge is 0.251 e. The molecule has 0 bridgehead atoms. The molecule has 3 rings (SSSR count). The number of carbonyl (C=O) groups excluding carboxylic acids is 1. The van der Waals surface area contributed by atoms with Crippen LogP contribution < -0.4 is 14.8 Å². The molecule has 1 heterocycles. The number of rotatable bonds is 10. The largest absolute Gasteiger partial charge is 0.497 e. The van der Waals surface area contributed by atoms with Gasteiger partial charge in [0.05, 0.1) is 18.0 Å². The molecule has 2 N–H and O–H groups in total. The lowest BCUT2D eigenvalue weighted by atomic mass is 10.0. The quantitative estimate of drug-likeness (QED) is 0.552. The van der Waals surface area contributed by atoms with Crippen LogP contribution in [0.3, 0.4) is 0 Å². The van der Waals surface area contributed by atoms with Crippen LogP contribution in [0.4, 0.5) is 0 Å². The summed E-state index contributed by atoms with van der Waals surface area (Å²) in [5, 5.41) is 2.98.